The molecule has 0 bridgehead atoms. The highest BCUT2D eigenvalue weighted by atomic mass is 16.3. The predicted octanol–water partition coefficient (Wildman–Crippen LogP) is 2.56. The first-order valence-electron chi connectivity index (χ1n) is 4.24. The molecular weight excluding hydrogens is 162 g/mol. The van der Waals surface area contributed by atoms with Gasteiger partial charge in [-0.15, -0.1) is 0 Å². The van der Waals surface area contributed by atoms with Crippen LogP contribution in [-0.2, 0) is 0 Å². The van der Waals surface area contributed by atoms with Gasteiger partial charge in [0.05, 0.1) is 5.52 Å². The summed E-state index contributed by atoms with van der Waals surface area (Å²) in [6, 6.07) is 7.31. The van der Waals surface area contributed by atoms with Crippen molar-refractivity contribution in [2.24, 2.45) is 0 Å². The number of phenols is 1. The van der Waals surface area contributed by atoms with Crippen molar-refractivity contribution in [1.29, 1.82) is 0 Å². The van der Waals surface area contributed by atoms with Crippen LogP contribution in [-0.4, -0.2) is 10.1 Å². The highest BCUT2D eigenvalue weighted by molar-refractivity contribution is 5.83. The van der Waals surface area contributed by atoms with E-state index in [2.05, 4.69) is 4.98 Å². The molecule has 0 saturated carbocycles. The molecule has 0 radical (unpaired) electrons. The summed E-state index contributed by atoms with van der Waals surface area (Å²) in [7, 11) is 0. The lowest BCUT2D eigenvalue weighted by Gasteiger charge is -2.03. The maximum absolute atomic E-state index is 9.27. The third-order valence-electron chi connectivity index (χ3n) is 2.13. The van der Waals surface area contributed by atoms with Gasteiger partial charge < -0.3 is 5.11 Å². The van der Waals surface area contributed by atoms with E-state index in [0.717, 1.165) is 16.6 Å². The normalized spacial score (nSPS) is 10.6. The molecule has 0 atom stereocenters. The SMILES string of the molecule is Cc1cc(C)c2ccc(O)cc2n1. The standard InChI is InChI=1S/C11H11NO/c1-7-5-8(2)12-11-6-9(13)3-4-10(7)11/h3-6,13H,1-2H3. The molecule has 0 aliphatic rings. The fourth-order valence-corrected chi connectivity index (χ4v) is 1.56. The second-order valence-corrected chi connectivity index (χ2v) is 3.28. The van der Waals surface area contributed by atoms with Crippen molar-refractivity contribution >= 4 is 10.9 Å². The largest absolute Gasteiger partial charge is 0.508 e. The van der Waals surface area contributed by atoms with E-state index in [4.69, 9.17) is 0 Å². The first kappa shape index (κ1) is 8.05. The zero-order chi connectivity index (χ0) is 9.42. The van der Waals surface area contributed by atoms with Gasteiger partial charge in [-0.1, -0.05) is 0 Å². The quantitative estimate of drug-likeness (QED) is 0.664. The lowest BCUT2D eigenvalue weighted by Crippen LogP contribution is -1.86. The number of hydrogen-bond acceptors (Lipinski definition) is 2. The number of pyridine rings is 1. The van der Waals surface area contributed by atoms with E-state index >= 15 is 0 Å². The third kappa shape index (κ3) is 1.35. The molecule has 0 amide bonds. The van der Waals surface area contributed by atoms with Crippen molar-refractivity contribution in [3.8, 4) is 5.75 Å². The number of aromatic nitrogens is 1. The minimum Gasteiger partial charge on any atom is -0.508 e. The number of hydrogen-bond donors (Lipinski definition) is 1. The molecular formula is C11H11NO. The summed E-state index contributed by atoms with van der Waals surface area (Å²) in [4.78, 5) is 4.34. The zero-order valence-corrected chi connectivity index (χ0v) is 7.70. The lowest BCUT2D eigenvalue weighted by molar-refractivity contribution is 0.476. The minimum atomic E-state index is 0.269. The molecule has 2 nitrogen and oxygen atoms in total. The Balaban J connectivity index is 2.86. The minimum absolute atomic E-state index is 0.269. The number of phenolic OH excluding ortho intramolecular Hbond substituents is 1. The molecule has 0 aliphatic carbocycles. The van der Waals surface area contributed by atoms with E-state index in [1.807, 2.05) is 26.0 Å². The molecule has 2 aromatic rings. The van der Waals surface area contributed by atoms with Crippen molar-refractivity contribution in [2.45, 2.75) is 13.8 Å². The van der Waals surface area contributed by atoms with Gasteiger partial charge in [-0.3, -0.25) is 4.98 Å². The first-order chi connectivity index (χ1) is 6.16. The Bertz CT molecular complexity index is 458. The van der Waals surface area contributed by atoms with Crippen molar-refractivity contribution < 1.29 is 5.11 Å². The number of nitrogens with zero attached hydrogens (tertiary/aromatic N) is 1. The Labute approximate surface area is 76.9 Å². The van der Waals surface area contributed by atoms with Crippen LogP contribution in [0.3, 0.4) is 0 Å². The number of aromatic hydroxyl groups is 1. The molecule has 1 N–H and O–H groups in total. The lowest BCUT2D eigenvalue weighted by atomic mass is 10.1. The molecule has 0 saturated heterocycles. The maximum Gasteiger partial charge on any atom is 0.117 e. The number of fused-ring (bicyclic) bond motifs is 1. The molecule has 66 valence electrons. The monoisotopic (exact) mass is 173 g/mol. The molecule has 2 heteroatoms. The smallest absolute Gasteiger partial charge is 0.117 e. The molecule has 0 spiro atoms. The Morgan fingerprint density at radius 1 is 1.15 bits per heavy atom. The van der Waals surface area contributed by atoms with Crippen molar-refractivity contribution in [3.63, 3.8) is 0 Å². The third-order valence-corrected chi connectivity index (χ3v) is 2.13. The molecule has 13 heavy (non-hydrogen) atoms. The molecule has 1 aromatic carbocycles. The van der Waals surface area contributed by atoms with E-state index in [1.165, 1.54) is 5.56 Å². The van der Waals surface area contributed by atoms with E-state index in [1.54, 1.807) is 12.1 Å². The Hall–Kier alpha value is -1.57. The van der Waals surface area contributed by atoms with E-state index < -0.39 is 0 Å². The van der Waals surface area contributed by atoms with E-state index in [-0.39, 0.29) is 5.75 Å². The number of benzene rings is 1. The summed E-state index contributed by atoms with van der Waals surface area (Å²) in [5, 5.41) is 10.4. The Kier molecular flexibility index (Phi) is 1.69. The average Bonchev–Trinajstić information content (AvgIpc) is 2.02. The highest BCUT2D eigenvalue weighted by Gasteiger charge is 2.00. The summed E-state index contributed by atoms with van der Waals surface area (Å²) in [6.07, 6.45) is 0. The summed E-state index contributed by atoms with van der Waals surface area (Å²) in [5.74, 6) is 0.269. The first-order valence-corrected chi connectivity index (χ1v) is 4.24. The molecule has 2 rings (SSSR count). The van der Waals surface area contributed by atoms with Crippen LogP contribution in [0.5, 0.6) is 5.75 Å². The van der Waals surface area contributed by atoms with Gasteiger partial charge in [0.25, 0.3) is 0 Å². The fourth-order valence-electron chi connectivity index (χ4n) is 1.56. The van der Waals surface area contributed by atoms with Crippen LogP contribution < -0.4 is 0 Å². The summed E-state index contributed by atoms with van der Waals surface area (Å²) >= 11 is 0. The molecule has 0 fully saturated rings. The predicted molar refractivity (Wildman–Crippen MR) is 52.9 cm³/mol. The molecule has 0 aliphatic heterocycles. The topological polar surface area (TPSA) is 33.1 Å². The van der Waals surface area contributed by atoms with Crippen molar-refractivity contribution in [3.05, 3.63) is 35.5 Å². The molecule has 1 heterocycles. The van der Waals surface area contributed by atoms with Crippen molar-refractivity contribution in [1.82, 2.24) is 4.98 Å². The van der Waals surface area contributed by atoms with Gasteiger partial charge in [-0.05, 0) is 37.6 Å². The second-order valence-electron chi connectivity index (χ2n) is 3.28. The van der Waals surface area contributed by atoms with Gasteiger partial charge >= 0.3 is 0 Å². The van der Waals surface area contributed by atoms with Gasteiger partial charge in [-0.2, -0.15) is 0 Å². The summed E-state index contributed by atoms with van der Waals surface area (Å²) < 4.78 is 0. The van der Waals surface area contributed by atoms with Gasteiger partial charge in [0.1, 0.15) is 5.75 Å². The maximum atomic E-state index is 9.27. The molecule has 1 aromatic heterocycles. The van der Waals surface area contributed by atoms with Crippen LogP contribution in [0.15, 0.2) is 24.3 Å². The van der Waals surface area contributed by atoms with Gasteiger partial charge in [-0.25, -0.2) is 0 Å². The van der Waals surface area contributed by atoms with Crippen LogP contribution in [0, 0.1) is 13.8 Å². The van der Waals surface area contributed by atoms with Crippen LogP contribution in [0.4, 0.5) is 0 Å². The number of aryl methyl sites for hydroxylation is 2. The highest BCUT2D eigenvalue weighted by Crippen LogP contribution is 2.21. The van der Waals surface area contributed by atoms with Crippen molar-refractivity contribution in [2.75, 3.05) is 0 Å². The van der Waals surface area contributed by atoms with Crippen LogP contribution in [0.1, 0.15) is 11.3 Å². The Morgan fingerprint density at radius 2 is 1.92 bits per heavy atom. The van der Waals surface area contributed by atoms with Gasteiger partial charge in [0.15, 0.2) is 0 Å². The fraction of sp³-hybridized carbons (Fsp3) is 0.182. The van der Waals surface area contributed by atoms with E-state index in [9.17, 15) is 5.11 Å². The van der Waals surface area contributed by atoms with Crippen LogP contribution in [0.25, 0.3) is 10.9 Å². The average molecular weight is 173 g/mol. The van der Waals surface area contributed by atoms with Gasteiger partial charge in [0, 0.05) is 17.1 Å². The summed E-state index contributed by atoms with van der Waals surface area (Å²) in [6.45, 7) is 4.00. The number of rotatable bonds is 0. The molecule has 0 unspecified atom stereocenters. The van der Waals surface area contributed by atoms with Gasteiger partial charge in [0.2, 0.25) is 0 Å². The van der Waals surface area contributed by atoms with Crippen LogP contribution in [0.2, 0.25) is 0 Å². The second kappa shape index (κ2) is 2.73. The summed E-state index contributed by atoms with van der Waals surface area (Å²) in [5.41, 5.74) is 3.04. The van der Waals surface area contributed by atoms with Crippen LogP contribution >= 0.6 is 0 Å². The zero-order valence-electron chi connectivity index (χ0n) is 7.70. The van der Waals surface area contributed by atoms with E-state index in [0.29, 0.717) is 0 Å². The Morgan fingerprint density at radius 3 is 2.69 bits per heavy atom.